The van der Waals surface area contributed by atoms with E-state index >= 15 is 0 Å². The average Bonchev–Trinajstić information content (AvgIpc) is 3.42. The molecule has 0 aromatic rings. The molecule has 2 aliphatic rings. The third-order valence-corrected chi connectivity index (χ3v) is 16.0. The second kappa shape index (κ2) is 48.4. The van der Waals surface area contributed by atoms with Crippen molar-refractivity contribution in [3.05, 3.63) is 12.2 Å². The topological polar surface area (TPSA) is 228 Å². The van der Waals surface area contributed by atoms with E-state index in [2.05, 4.69) is 19.2 Å². The molecule has 0 saturated carbocycles. The molecular formula is C62H119NO13. The Bertz CT molecular complexity index is 1330. The van der Waals surface area contributed by atoms with Gasteiger partial charge in [-0.15, -0.1) is 0 Å². The van der Waals surface area contributed by atoms with Crippen molar-refractivity contribution < 1.29 is 64.6 Å². The van der Waals surface area contributed by atoms with Gasteiger partial charge in [0.15, 0.2) is 12.6 Å². The van der Waals surface area contributed by atoms with Crippen LogP contribution in [-0.4, -0.2) is 140 Å². The van der Waals surface area contributed by atoms with E-state index < -0.39 is 86.8 Å². The molecule has 2 heterocycles. The van der Waals surface area contributed by atoms with Gasteiger partial charge in [0.05, 0.1) is 32.0 Å². The van der Waals surface area contributed by atoms with Gasteiger partial charge in [0.2, 0.25) is 5.91 Å². The van der Waals surface area contributed by atoms with Crippen molar-refractivity contribution in [3.63, 3.8) is 0 Å². The molecule has 2 saturated heterocycles. The van der Waals surface area contributed by atoms with Crippen LogP contribution in [0.15, 0.2) is 12.2 Å². The van der Waals surface area contributed by atoms with Crippen molar-refractivity contribution in [1.29, 1.82) is 0 Å². The molecular weight excluding hydrogens is 967 g/mol. The second-order valence-corrected chi connectivity index (χ2v) is 22.9. The van der Waals surface area contributed by atoms with Gasteiger partial charge in [-0.3, -0.25) is 4.79 Å². The Labute approximate surface area is 463 Å². The number of allylic oxidation sites excluding steroid dienone is 1. The van der Waals surface area contributed by atoms with Crippen LogP contribution in [0, 0.1) is 0 Å². The Balaban J connectivity index is 1.73. The van der Waals surface area contributed by atoms with Gasteiger partial charge in [-0.2, -0.15) is 0 Å². The van der Waals surface area contributed by atoms with Crippen molar-refractivity contribution in [2.45, 2.75) is 357 Å². The molecule has 2 rings (SSSR count). The lowest BCUT2D eigenvalue weighted by Gasteiger charge is -2.46. The van der Waals surface area contributed by atoms with Crippen LogP contribution in [0.2, 0.25) is 0 Å². The number of carbonyl (C=O) groups excluding carboxylic acids is 1. The number of hydrogen-bond acceptors (Lipinski definition) is 13. The smallest absolute Gasteiger partial charge is 0.220 e. The molecule has 14 nitrogen and oxygen atoms in total. The zero-order valence-corrected chi connectivity index (χ0v) is 48.5. The van der Waals surface area contributed by atoms with Crippen LogP contribution in [0.4, 0.5) is 0 Å². The van der Waals surface area contributed by atoms with E-state index in [1.165, 1.54) is 218 Å². The maximum absolute atomic E-state index is 13.3. The van der Waals surface area contributed by atoms with Crippen LogP contribution in [0.25, 0.3) is 0 Å². The van der Waals surface area contributed by atoms with Gasteiger partial charge in [0.25, 0.3) is 0 Å². The summed E-state index contributed by atoms with van der Waals surface area (Å²) < 4.78 is 22.8. The molecule has 0 aromatic heterocycles. The molecule has 2 fully saturated rings. The molecule has 76 heavy (non-hydrogen) atoms. The van der Waals surface area contributed by atoms with E-state index in [1.54, 1.807) is 6.08 Å². The molecule has 0 aliphatic carbocycles. The first-order valence-electron chi connectivity index (χ1n) is 31.9. The number of aliphatic hydroxyl groups is 8. The first-order chi connectivity index (χ1) is 37.1. The summed E-state index contributed by atoms with van der Waals surface area (Å²) in [6.45, 7) is 2.84. The highest BCUT2D eigenvalue weighted by molar-refractivity contribution is 5.76. The predicted octanol–water partition coefficient (Wildman–Crippen LogP) is 11.5. The van der Waals surface area contributed by atoms with Gasteiger partial charge in [-0.05, 0) is 19.3 Å². The SMILES string of the molecule is CCCCCCCCCCCCCCCCCCC/C=C/C(O)C(COC1OC(CO)C(OC2OC(CO)C(O)C(O)C2O)C(O)C1O)NC(=O)CCCCCCCCCCCCCCCCCCCCCCCCC. The van der Waals surface area contributed by atoms with Crippen molar-refractivity contribution in [2.75, 3.05) is 19.8 Å². The van der Waals surface area contributed by atoms with Crippen LogP contribution >= 0.6 is 0 Å². The molecule has 0 radical (unpaired) electrons. The number of nitrogens with one attached hydrogen (secondary N) is 1. The number of ether oxygens (including phenoxy) is 4. The number of unbranched alkanes of at least 4 members (excludes halogenated alkanes) is 39. The molecule has 450 valence electrons. The minimum absolute atomic E-state index is 0.232. The molecule has 9 N–H and O–H groups in total. The number of amides is 1. The molecule has 0 bridgehead atoms. The zero-order valence-electron chi connectivity index (χ0n) is 48.5. The van der Waals surface area contributed by atoms with Crippen LogP contribution in [0.1, 0.15) is 284 Å². The van der Waals surface area contributed by atoms with Crippen LogP contribution in [0.3, 0.4) is 0 Å². The third kappa shape index (κ3) is 33.5. The lowest BCUT2D eigenvalue weighted by atomic mass is 9.97. The summed E-state index contributed by atoms with van der Waals surface area (Å²) >= 11 is 0. The minimum atomic E-state index is -1.79. The summed E-state index contributed by atoms with van der Waals surface area (Å²) in [6.07, 6.45) is 39.6. The normalized spacial score (nSPS) is 24.9. The molecule has 1 amide bonds. The van der Waals surface area contributed by atoms with Crippen molar-refractivity contribution >= 4 is 5.91 Å². The summed E-state index contributed by atoms with van der Waals surface area (Å²) in [7, 11) is 0. The summed E-state index contributed by atoms with van der Waals surface area (Å²) in [5.41, 5.74) is 0. The predicted molar refractivity (Wildman–Crippen MR) is 305 cm³/mol. The average molecular weight is 1090 g/mol. The highest BCUT2D eigenvalue weighted by atomic mass is 16.7. The fourth-order valence-electron chi connectivity index (χ4n) is 10.8. The van der Waals surface area contributed by atoms with Gasteiger partial charge in [0.1, 0.15) is 48.8 Å². The Morgan fingerprint density at radius 2 is 0.816 bits per heavy atom. The third-order valence-electron chi connectivity index (χ3n) is 16.0. The van der Waals surface area contributed by atoms with Gasteiger partial charge in [-0.1, -0.05) is 270 Å². The quantitative estimate of drug-likeness (QED) is 0.0204. The fourth-order valence-corrected chi connectivity index (χ4v) is 10.8. The first-order valence-corrected chi connectivity index (χ1v) is 31.9. The van der Waals surface area contributed by atoms with Crippen LogP contribution < -0.4 is 5.32 Å². The number of carbonyl (C=O) groups is 1. The summed E-state index contributed by atoms with van der Waals surface area (Å²) in [5, 5.41) is 87.2. The van der Waals surface area contributed by atoms with Crippen LogP contribution in [-0.2, 0) is 23.7 Å². The highest BCUT2D eigenvalue weighted by Crippen LogP contribution is 2.30. The standard InChI is InChI=1S/C62H119NO13/c1-3-5-7-9-11-13-15-17-19-21-23-24-25-26-28-30-32-34-36-38-40-42-44-46-54(67)63-50(51(66)45-43-41-39-37-35-33-31-29-27-22-20-18-16-14-12-10-8-6-4-2)49-73-61-59(72)57(70)60(53(48-65)75-61)76-62-58(71)56(69)55(68)52(47-64)74-62/h43,45,50-53,55-62,64-66,68-72H,3-42,44,46-49H2,1-2H3,(H,63,67)/b45-43+. The van der Waals surface area contributed by atoms with E-state index in [-0.39, 0.29) is 18.9 Å². The number of hydrogen-bond donors (Lipinski definition) is 9. The second-order valence-electron chi connectivity index (χ2n) is 22.9. The molecule has 12 atom stereocenters. The van der Waals surface area contributed by atoms with Gasteiger partial charge >= 0.3 is 0 Å². The van der Waals surface area contributed by atoms with Gasteiger partial charge in [-0.25, -0.2) is 0 Å². The number of aliphatic hydroxyl groups excluding tert-OH is 8. The van der Waals surface area contributed by atoms with Crippen LogP contribution in [0.5, 0.6) is 0 Å². The van der Waals surface area contributed by atoms with E-state index in [4.69, 9.17) is 18.9 Å². The van der Waals surface area contributed by atoms with E-state index in [1.807, 2.05) is 6.08 Å². The van der Waals surface area contributed by atoms with Crippen molar-refractivity contribution in [1.82, 2.24) is 5.32 Å². The van der Waals surface area contributed by atoms with Crippen molar-refractivity contribution in [2.24, 2.45) is 0 Å². The van der Waals surface area contributed by atoms with E-state index in [0.717, 1.165) is 38.5 Å². The van der Waals surface area contributed by atoms with Gasteiger partial charge < -0.3 is 65.1 Å². The van der Waals surface area contributed by atoms with E-state index in [0.29, 0.717) is 6.42 Å². The lowest BCUT2D eigenvalue weighted by Crippen LogP contribution is -2.65. The summed E-state index contributed by atoms with van der Waals surface area (Å²) in [5.74, 6) is -0.232. The lowest BCUT2D eigenvalue weighted by molar-refractivity contribution is -0.359. The maximum atomic E-state index is 13.3. The molecule has 12 unspecified atom stereocenters. The summed E-state index contributed by atoms with van der Waals surface area (Å²) in [6, 6.07) is -0.910. The Morgan fingerprint density at radius 1 is 0.461 bits per heavy atom. The molecule has 0 aromatic carbocycles. The first kappa shape index (κ1) is 70.8. The number of rotatable bonds is 52. The van der Waals surface area contributed by atoms with Gasteiger partial charge in [0, 0.05) is 6.42 Å². The molecule has 14 heteroatoms. The zero-order chi connectivity index (χ0) is 55.3. The van der Waals surface area contributed by atoms with Crippen molar-refractivity contribution in [3.8, 4) is 0 Å². The maximum Gasteiger partial charge on any atom is 0.220 e. The largest absolute Gasteiger partial charge is 0.394 e. The van der Waals surface area contributed by atoms with E-state index in [9.17, 15) is 45.6 Å². The minimum Gasteiger partial charge on any atom is -0.394 e. The Kier molecular flexibility index (Phi) is 45.1. The highest BCUT2D eigenvalue weighted by Gasteiger charge is 2.51. The Hall–Kier alpha value is -1.27. The summed E-state index contributed by atoms with van der Waals surface area (Å²) in [4.78, 5) is 13.3. The molecule has 0 spiro atoms. The Morgan fingerprint density at radius 3 is 1.21 bits per heavy atom. The monoisotopic (exact) mass is 1090 g/mol. The fraction of sp³-hybridized carbons (Fsp3) is 0.952. The molecule has 2 aliphatic heterocycles.